The Balaban J connectivity index is 2.63. The molecule has 0 unspecified atom stereocenters. The third kappa shape index (κ3) is 3.20. The molecular formula is C10H16N4O3. The SMILES string of the molecule is CCOC(=O)CNC(=O)c1c(N)cnn1CC. The minimum Gasteiger partial charge on any atom is -0.465 e. The molecule has 0 atom stereocenters. The minimum atomic E-state index is -0.484. The third-order valence-corrected chi connectivity index (χ3v) is 2.08. The van der Waals surface area contributed by atoms with Gasteiger partial charge in [-0.3, -0.25) is 14.3 Å². The Bertz CT molecular complexity index is 414. The summed E-state index contributed by atoms with van der Waals surface area (Å²) in [6.45, 7) is 4.17. The summed E-state index contributed by atoms with van der Waals surface area (Å²) >= 11 is 0. The molecule has 1 amide bonds. The maximum absolute atomic E-state index is 11.8. The molecule has 0 saturated heterocycles. The molecule has 0 radical (unpaired) electrons. The summed E-state index contributed by atoms with van der Waals surface area (Å²) in [5.41, 5.74) is 6.17. The number of carbonyl (C=O) groups is 2. The molecule has 3 N–H and O–H groups in total. The summed E-state index contributed by atoms with van der Waals surface area (Å²) in [6, 6.07) is 0. The first kappa shape index (κ1) is 13.0. The van der Waals surface area contributed by atoms with Crippen molar-refractivity contribution in [2.45, 2.75) is 20.4 Å². The number of aromatic nitrogens is 2. The molecule has 0 bridgehead atoms. The Morgan fingerprint density at radius 3 is 2.82 bits per heavy atom. The molecule has 0 aliphatic heterocycles. The lowest BCUT2D eigenvalue weighted by Gasteiger charge is -2.07. The molecular weight excluding hydrogens is 224 g/mol. The fraction of sp³-hybridized carbons (Fsp3) is 0.500. The van der Waals surface area contributed by atoms with E-state index in [-0.39, 0.29) is 24.5 Å². The Hall–Kier alpha value is -2.05. The van der Waals surface area contributed by atoms with Crippen molar-refractivity contribution in [1.29, 1.82) is 0 Å². The van der Waals surface area contributed by atoms with E-state index in [2.05, 4.69) is 15.2 Å². The first-order valence-corrected chi connectivity index (χ1v) is 5.35. The molecule has 1 rings (SSSR count). The van der Waals surface area contributed by atoms with Crippen LogP contribution in [0.4, 0.5) is 5.69 Å². The van der Waals surface area contributed by atoms with Gasteiger partial charge in [0.15, 0.2) is 0 Å². The fourth-order valence-corrected chi connectivity index (χ4v) is 1.34. The van der Waals surface area contributed by atoms with Crippen molar-refractivity contribution in [2.24, 2.45) is 0 Å². The second-order valence-corrected chi connectivity index (χ2v) is 3.25. The average Bonchev–Trinajstić information content (AvgIpc) is 2.68. The largest absolute Gasteiger partial charge is 0.465 e. The number of nitrogens with two attached hydrogens (primary N) is 1. The quantitative estimate of drug-likeness (QED) is 0.693. The number of anilines is 1. The van der Waals surface area contributed by atoms with E-state index in [0.717, 1.165) is 0 Å². The summed E-state index contributed by atoms with van der Waals surface area (Å²) in [5.74, 6) is -0.920. The van der Waals surface area contributed by atoms with Crippen molar-refractivity contribution in [1.82, 2.24) is 15.1 Å². The zero-order valence-electron chi connectivity index (χ0n) is 9.90. The maximum Gasteiger partial charge on any atom is 0.325 e. The predicted octanol–water partition coefficient (Wildman–Crippen LogP) is -0.222. The number of ether oxygens (including phenoxy) is 1. The topological polar surface area (TPSA) is 99.2 Å². The van der Waals surface area contributed by atoms with E-state index in [1.54, 1.807) is 6.92 Å². The van der Waals surface area contributed by atoms with Crippen LogP contribution in [0.25, 0.3) is 0 Å². The van der Waals surface area contributed by atoms with Gasteiger partial charge in [-0.05, 0) is 13.8 Å². The predicted molar refractivity (Wildman–Crippen MR) is 61.3 cm³/mol. The molecule has 0 aromatic carbocycles. The van der Waals surface area contributed by atoms with Gasteiger partial charge in [0, 0.05) is 6.54 Å². The number of hydrogen-bond acceptors (Lipinski definition) is 5. The number of carbonyl (C=O) groups excluding carboxylic acids is 2. The molecule has 7 nitrogen and oxygen atoms in total. The molecule has 1 aromatic rings. The zero-order chi connectivity index (χ0) is 12.8. The summed E-state index contributed by atoms with van der Waals surface area (Å²) < 4.78 is 6.16. The molecule has 0 aliphatic rings. The lowest BCUT2D eigenvalue weighted by atomic mass is 10.3. The van der Waals surface area contributed by atoms with Crippen LogP contribution in [0, 0.1) is 0 Å². The van der Waals surface area contributed by atoms with E-state index in [4.69, 9.17) is 5.73 Å². The Kier molecular flexibility index (Phi) is 4.50. The highest BCUT2D eigenvalue weighted by molar-refractivity contribution is 5.98. The Labute approximate surface area is 98.9 Å². The van der Waals surface area contributed by atoms with Crippen LogP contribution in [0.1, 0.15) is 24.3 Å². The molecule has 0 aliphatic carbocycles. The van der Waals surface area contributed by atoms with Crippen molar-refractivity contribution in [2.75, 3.05) is 18.9 Å². The zero-order valence-corrected chi connectivity index (χ0v) is 9.90. The van der Waals surface area contributed by atoms with Crippen molar-refractivity contribution < 1.29 is 14.3 Å². The van der Waals surface area contributed by atoms with Crippen LogP contribution in [-0.4, -0.2) is 34.8 Å². The van der Waals surface area contributed by atoms with Crippen LogP contribution in [0.3, 0.4) is 0 Å². The second kappa shape index (κ2) is 5.88. The number of rotatable bonds is 5. The van der Waals surface area contributed by atoms with E-state index >= 15 is 0 Å². The summed E-state index contributed by atoms with van der Waals surface area (Å²) in [4.78, 5) is 22.8. The van der Waals surface area contributed by atoms with Crippen LogP contribution in [-0.2, 0) is 16.1 Å². The smallest absolute Gasteiger partial charge is 0.325 e. The lowest BCUT2D eigenvalue weighted by molar-refractivity contribution is -0.141. The molecule has 1 heterocycles. The number of aryl methyl sites for hydroxylation is 1. The van der Waals surface area contributed by atoms with Gasteiger partial charge in [-0.1, -0.05) is 0 Å². The number of nitrogens with zero attached hydrogens (tertiary/aromatic N) is 2. The first-order chi connectivity index (χ1) is 8.10. The standard InChI is InChI=1S/C10H16N4O3/c1-3-14-9(7(11)5-13-14)10(16)12-6-8(15)17-4-2/h5H,3-4,6,11H2,1-2H3,(H,12,16). The molecule has 0 spiro atoms. The number of amides is 1. The maximum atomic E-state index is 11.8. The van der Waals surface area contributed by atoms with Crippen molar-refractivity contribution >= 4 is 17.6 Å². The van der Waals surface area contributed by atoms with Gasteiger partial charge in [-0.15, -0.1) is 0 Å². The van der Waals surface area contributed by atoms with Crippen molar-refractivity contribution in [3.63, 3.8) is 0 Å². The van der Waals surface area contributed by atoms with Gasteiger partial charge in [-0.25, -0.2) is 0 Å². The first-order valence-electron chi connectivity index (χ1n) is 5.35. The van der Waals surface area contributed by atoms with E-state index in [9.17, 15) is 9.59 Å². The summed E-state index contributed by atoms with van der Waals surface area (Å²) in [6.07, 6.45) is 1.41. The average molecular weight is 240 g/mol. The number of hydrogen-bond donors (Lipinski definition) is 2. The normalized spacial score (nSPS) is 10.0. The van der Waals surface area contributed by atoms with Gasteiger partial charge in [0.25, 0.3) is 5.91 Å². The van der Waals surface area contributed by atoms with Gasteiger partial charge >= 0.3 is 5.97 Å². The molecule has 17 heavy (non-hydrogen) atoms. The van der Waals surface area contributed by atoms with E-state index in [1.807, 2.05) is 6.92 Å². The van der Waals surface area contributed by atoms with Crippen molar-refractivity contribution in [3.8, 4) is 0 Å². The Morgan fingerprint density at radius 2 is 2.24 bits per heavy atom. The van der Waals surface area contributed by atoms with Gasteiger partial charge in [0.2, 0.25) is 0 Å². The molecule has 0 saturated carbocycles. The highest BCUT2D eigenvalue weighted by Gasteiger charge is 2.16. The van der Waals surface area contributed by atoms with Crippen LogP contribution < -0.4 is 11.1 Å². The number of nitrogens with one attached hydrogen (secondary N) is 1. The van der Waals surface area contributed by atoms with E-state index in [0.29, 0.717) is 6.54 Å². The molecule has 0 fully saturated rings. The monoisotopic (exact) mass is 240 g/mol. The van der Waals surface area contributed by atoms with Crippen LogP contribution in [0.5, 0.6) is 0 Å². The van der Waals surface area contributed by atoms with E-state index < -0.39 is 11.9 Å². The highest BCUT2D eigenvalue weighted by Crippen LogP contribution is 2.09. The van der Waals surface area contributed by atoms with Crippen LogP contribution in [0.2, 0.25) is 0 Å². The second-order valence-electron chi connectivity index (χ2n) is 3.25. The molecule has 1 aromatic heterocycles. The van der Waals surface area contributed by atoms with Gasteiger partial charge < -0.3 is 15.8 Å². The van der Waals surface area contributed by atoms with Crippen LogP contribution in [0.15, 0.2) is 6.20 Å². The van der Waals surface area contributed by atoms with Crippen LogP contribution >= 0.6 is 0 Å². The highest BCUT2D eigenvalue weighted by atomic mass is 16.5. The molecule has 7 heteroatoms. The van der Waals surface area contributed by atoms with Gasteiger partial charge in [0.1, 0.15) is 12.2 Å². The summed E-state index contributed by atoms with van der Waals surface area (Å²) in [5, 5.41) is 6.36. The lowest BCUT2D eigenvalue weighted by Crippen LogP contribution is -2.32. The van der Waals surface area contributed by atoms with Gasteiger partial charge in [-0.2, -0.15) is 5.10 Å². The number of esters is 1. The van der Waals surface area contributed by atoms with E-state index in [1.165, 1.54) is 10.9 Å². The Morgan fingerprint density at radius 1 is 1.53 bits per heavy atom. The van der Waals surface area contributed by atoms with Crippen molar-refractivity contribution in [3.05, 3.63) is 11.9 Å². The fourth-order valence-electron chi connectivity index (χ4n) is 1.34. The molecule has 94 valence electrons. The minimum absolute atomic E-state index is 0.180. The van der Waals surface area contributed by atoms with Gasteiger partial charge in [0.05, 0.1) is 18.5 Å². The summed E-state index contributed by atoms with van der Waals surface area (Å²) in [7, 11) is 0. The number of nitrogen functional groups attached to an aromatic ring is 1. The third-order valence-electron chi connectivity index (χ3n) is 2.08.